The van der Waals surface area contributed by atoms with Gasteiger partial charge in [0.15, 0.2) is 0 Å². The van der Waals surface area contributed by atoms with E-state index < -0.39 is 0 Å². The maximum atomic E-state index is 12.4. The van der Waals surface area contributed by atoms with E-state index in [9.17, 15) is 4.79 Å². The van der Waals surface area contributed by atoms with E-state index in [1.807, 2.05) is 0 Å². The van der Waals surface area contributed by atoms with Crippen molar-refractivity contribution in [3.63, 3.8) is 0 Å². The number of hydrogen-bond donors (Lipinski definition) is 1. The van der Waals surface area contributed by atoms with Gasteiger partial charge >= 0.3 is 0 Å². The van der Waals surface area contributed by atoms with E-state index in [-0.39, 0.29) is 18.4 Å². The molecule has 0 saturated heterocycles. The second-order valence-corrected chi connectivity index (χ2v) is 6.71. The van der Waals surface area contributed by atoms with Gasteiger partial charge in [-0.3, -0.25) is 4.79 Å². The molecular formula is C16H29NO2. The zero-order valence-electron chi connectivity index (χ0n) is 12.7. The van der Waals surface area contributed by atoms with E-state index in [1.165, 1.54) is 0 Å². The fraction of sp³-hybridized carbons (Fsp3) is 0.812. The lowest BCUT2D eigenvalue weighted by molar-refractivity contribution is -0.137. The first-order chi connectivity index (χ1) is 8.90. The molecule has 1 aliphatic rings. The van der Waals surface area contributed by atoms with Crippen LogP contribution in [0.2, 0.25) is 0 Å². The van der Waals surface area contributed by atoms with E-state index in [2.05, 4.69) is 27.4 Å². The number of aliphatic hydroxyl groups is 1. The van der Waals surface area contributed by atoms with Gasteiger partial charge in [-0.1, -0.05) is 26.8 Å². The highest BCUT2D eigenvalue weighted by molar-refractivity contribution is 5.79. The van der Waals surface area contributed by atoms with Crippen molar-refractivity contribution in [3.8, 4) is 0 Å². The Morgan fingerprint density at radius 2 is 1.89 bits per heavy atom. The second-order valence-electron chi connectivity index (χ2n) is 6.71. The molecule has 0 heterocycles. The number of nitrogens with zero attached hydrogens (tertiary/aromatic N) is 1. The van der Waals surface area contributed by atoms with Crippen molar-refractivity contribution in [2.75, 3.05) is 19.7 Å². The molecule has 1 rings (SSSR count). The van der Waals surface area contributed by atoms with Crippen molar-refractivity contribution in [1.29, 1.82) is 0 Å². The first-order valence-corrected chi connectivity index (χ1v) is 7.40. The molecule has 3 heteroatoms. The summed E-state index contributed by atoms with van der Waals surface area (Å²) in [5.74, 6) is 1.06. The summed E-state index contributed by atoms with van der Waals surface area (Å²) in [5.41, 5.74) is 0.347. The van der Waals surface area contributed by atoms with Gasteiger partial charge in [-0.15, -0.1) is 6.58 Å². The highest BCUT2D eigenvalue weighted by Gasteiger charge is 2.33. The van der Waals surface area contributed by atoms with E-state index >= 15 is 0 Å². The Bertz CT molecular complexity index is 298. The average molecular weight is 267 g/mol. The average Bonchev–Trinajstić information content (AvgIpc) is 2.37. The Balaban J connectivity index is 2.53. The molecule has 0 aliphatic heterocycles. The summed E-state index contributed by atoms with van der Waals surface area (Å²) in [5, 5.41) is 9.03. The SMILES string of the molecule is C=CCN(CCO)C(=O)C1CCC(C(C)(C)C)CC1. The third-order valence-electron chi connectivity index (χ3n) is 4.33. The van der Waals surface area contributed by atoms with E-state index in [0.717, 1.165) is 31.6 Å². The number of amides is 1. The summed E-state index contributed by atoms with van der Waals surface area (Å²) in [7, 11) is 0. The van der Waals surface area contributed by atoms with Crippen LogP contribution >= 0.6 is 0 Å². The quantitative estimate of drug-likeness (QED) is 0.778. The first-order valence-electron chi connectivity index (χ1n) is 7.40. The number of hydrogen-bond acceptors (Lipinski definition) is 2. The molecule has 0 aromatic carbocycles. The van der Waals surface area contributed by atoms with Crippen molar-refractivity contribution >= 4 is 5.91 Å². The second kappa shape index (κ2) is 7.09. The lowest BCUT2D eigenvalue weighted by Gasteiger charge is -2.37. The van der Waals surface area contributed by atoms with Crippen LogP contribution in [-0.4, -0.2) is 35.6 Å². The summed E-state index contributed by atoms with van der Waals surface area (Å²) < 4.78 is 0. The zero-order valence-corrected chi connectivity index (χ0v) is 12.7. The van der Waals surface area contributed by atoms with Crippen LogP contribution < -0.4 is 0 Å². The molecule has 19 heavy (non-hydrogen) atoms. The van der Waals surface area contributed by atoms with Crippen LogP contribution in [0.15, 0.2) is 12.7 Å². The predicted octanol–water partition coefficient (Wildman–Crippen LogP) is 2.85. The van der Waals surface area contributed by atoms with Crippen LogP contribution in [0.1, 0.15) is 46.5 Å². The third kappa shape index (κ3) is 4.64. The van der Waals surface area contributed by atoms with Crippen molar-refractivity contribution in [2.24, 2.45) is 17.3 Å². The maximum Gasteiger partial charge on any atom is 0.226 e. The van der Waals surface area contributed by atoms with Crippen molar-refractivity contribution < 1.29 is 9.90 Å². The minimum absolute atomic E-state index is 0.0247. The number of carbonyl (C=O) groups is 1. The van der Waals surface area contributed by atoms with Gasteiger partial charge in [-0.25, -0.2) is 0 Å². The molecule has 110 valence electrons. The number of carbonyl (C=O) groups excluding carboxylic acids is 1. The Hall–Kier alpha value is -0.830. The Morgan fingerprint density at radius 1 is 1.32 bits per heavy atom. The predicted molar refractivity (Wildman–Crippen MR) is 78.8 cm³/mol. The molecule has 1 saturated carbocycles. The third-order valence-corrected chi connectivity index (χ3v) is 4.33. The minimum atomic E-state index is 0.0247. The molecule has 1 fully saturated rings. The van der Waals surface area contributed by atoms with E-state index in [0.29, 0.717) is 18.5 Å². The summed E-state index contributed by atoms with van der Waals surface area (Å²) in [4.78, 5) is 14.1. The van der Waals surface area contributed by atoms with Gasteiger partial charge in [0.2, 0.25) is 5.91 Å². The summed E-state index contributed by atoms with van der Waals surface area (Å²) in [6, 6.07) is 0. The van der Waals surface area contributed by atoms with Gasteiger partial charge in [-0.05, 0) is 37.0 Å². The molecule has 0 atom stereocenters. The smallest absolute Gasteiger partial charge is 0.226 e. The highest BCUT2D eigenvalue weighted by Crippen LogP contribution is 2.40. The van der Waals surface area contributed by atoms with Crippen LogP contribution in [0.25, 0.3) is 0 Å². The molecule has 1 N–H and O–H groups in total. The molecule has 0 unspecified atom stereocenters. The topological polar surface area (TPSA) is 40.5 Å². The van der Waals surface area contributed by atoms with Crippen LogP contribution in [0, 0.1) is 17.3 Å². The summed E-state index contributed by atoms with van der Waals surface area (Å²) in [6.07, 6.45) is 5.98. The normalized spacial score (nSPS) is 24.0. The van der Waals surface area contributed by atoms with Crippen LogP contribution in [-0.2, 0) is 4.79 Å². The summed E-state index contributed by atoms with van der Waals surface area (Å²) >= 11 is 0. The highest BCUT2D eigenvalue weighted by atomic mass is 16.3. The Kier molecular flexibility index (Phi) is 6.05. The van der Waals surface area contributed by atoms with Gasteiger partial charge in [0.1, 0.15) is 0 Å². The lowest BCUT2D eigenvalue weighted by atomic mass is 9.69. The number of aliphatic hydroxyl groups excluding tert-OH is 1. The fourth-order valence-corrected chi connectivity index (χ4v) is 3.03. The molecule has 0 aromatic rings. The van der Waals surface area contributed by atoms with Crippen LogP contribution in [0.4, 0.5) is 0 Å². The van der Waals surface area contributed by atoms with Crippen LogP contribution in [0.5, 0.6) is 0 Å². The molecule has 0 bridgehead atoms. The van der Waals surface area contributed by atoms with E-state index in [4.69, 9.17) is 5.11 Å². The molecule has 3 nitrogen and oxygen atoms in total. The first kappa shape index (κ1) is 16.2. The minimum Gasteiger partial charge on any atom is -0.395 e. The monoisotopic (exact) mass is 267 g/mol. The van der Waals surface area contributed by atoms with Gasteiger partial charge in [0.25, 0.3) is 0 Å². The van der Waals surface area contributed by atoms with Gasteiger partial charge < -0.3 is 10.0 Å². The molecule has 0 spiro atoms. The molecule has 1 amide bonds. The molecular weight excluding hydrogens is 238 g/mol. The van der Waals surface area contributed by atoms with Gasteiger partial charge in [0, 0.05) is 19.0 Å². The summed E-state index contributed by atoms with van der Waals surface area (Å²) in [6.45, 7) is 11.5. The molecule has 1 aliphatic carbocycles. The van der Waals surface area contributed by atoms with Crippen molar-refractivity contribution in [2.45, 2.75) is 46.5 Å². The van der Waals surface area contributed by atoms with Crippen molar-refractivity contribution in [3.05, 3.63) is 12.7 Å². The van der Waals surface area contributed by atoms with Crippen molar-refractivity contribution in [1.82, 2.24) is 4.90 Å². The zero-order chi connectivity index (χ0) is 14.5. The standard InChI is InChI=1S/C16H29NO2/c1-5-10-17(11-12-18)15(19)13-6-8-14(9-7-13)16(2,3)4/h5,13-14,18H,1,6-12H2,2-4H3. The Labute approximate surface area is 117 Å². The lowest BCUT2D eigenvalue weighted by Crippen LogP contribution is -2.40. The molecule has 0 radical (unpaired) electrons. The Morgan fingerprint density at radius 3 is 2.32 bits per heavy atom. The number of rotatable bonds is 5. The fourth-order valence-electron chi connectivity index (χ4n) is 3.03. The maximum absolute atomic E-state index is 12.4. The van der Waals surface area contributed by atoms with Gasteiger partial charge in [-0.2, -0.15) is 0 Å². The van der Waals surface area contributed by atoms with E-state index in [1.54, 1.807) is 11.0 Å². The van der Waals surface area contributed by atoms with Gasteiger partial charge in [0.05, 0.1) is 6.61 Å². The molecule has 0 aromatic heterocycles. The largest absolute Gasteiger partial charge is 0.395 e. The van der Waals surface area contributed by atoms with Crippen LogP contribution in [0.3, 0.4) is 0 Å².